The van der Waals surface area contributed by atoms with Crippen molar-refractivity contribution in [2.75, 3.05) is 6.54 Å². The van der Waals surface area contributed by atoms with E-state index in [-0.39, 0.29) is 5.91 Å². The van der Waals surface area contributed by atoms with Gasteiger partial charge in [-0.1, -0.05) is 18.2 Å². The van der Waals surface area contributed by atoms with E-state index in [1.807, 2.05) is 27.8 Å². The molecule has 2 aromatic rings. The first-order valence-corrected chi connectivity index (χ1v) is 7.31. The Labute approximate surface area is 119 Å². The van der Waals surface area contributed by atoms with Crippen LogP contribution < -0.4 is 5.73 Å². The van der Waals surface area contributed by atoms with E-state index in [4.69, 9.17) is 5.73 Å². The number of carbonyl (C=O) groups excluding carboxylic acids is 1. The third-order valence-electron chi connectivity index (χ3n) is 4.05. The van der Waals surface area contributed by atoms with Gasteiger partial charge in [0.05, 0.1) is 0 Å². The van der Waals surface area contributed by atoms with E-state index in [0.717, 1.165) is 35.9 Å². The molecule has 1 aromatic carbocycles. The van der Waals surface area contributed by atoms with Crippen LogP contribution in [0.25, 0.3) is 10.9 Å². The molecule has 20 heavy (non-hydrogen) atoms. The molecule has 0 spiro atoms. The Morgan fingerprint density at radius 3 is 2.80 bits per heavy atom. The smallest absolute Gasteiger partial charge is 0.242 e. The lowest BCUT2D eigenvalue weighted by Gasteiger charge is -2.20. The van der Waals surface area contributed by atoms with Gasteiger partial charge < -0.3 is 15.2 Å². The number of amides is 1. The molecule has 106 valence electrons. The van der Waals surface area contributed by atoms with Gasteiger partial charge in [0, 0.05) is 36.2 Å². The van der Waals surface area contributed by atoms with Crippen LogP contribution in [0.1, 0.15) is 25.3 Å². The van der Waals surface area contributed by atoms with E-state index >= 15 is 0 Å². The maximum Gasteiger partial charge on any atom is 0.242 e. The number of nitrogens with zero attached hydrogens (tertiary/aromatic N) is 2. The predicted molar refractivity (Wildman–Crippen MR) is 80.2 cm³/mol. The largest absolute Gasteiger partial charge is 0.338 e. The third-order valence-corrected chi connectivity index (χ3v) is 4.05. The van der Waals surface area contributed by atoms with Crippen molar-refractivity contribution in [1.82, 2.24) is 9.47 Å². The summed E-state index contributed by atoms with van der Waals surface area (Å²) in [5.74, 6) is 0.208. The van der Waals surface area contributed by atoms with Crippen LogP contribution in [0, 0.1) is 0 Å². The molecule has 4 heteroatoms. The Bertz CT molecular complexity index is 628. The van der Waals surface area contributed by atoms with Crippen LogP contribution >= 0.6 is 0 Å². The van der Waals surface area contributed by atoms with Crippen LogP contribution in [0.2, 0.25) is 0 Å². The molecule has 1 fully saturated rings. The minimum Gasteiger partial charge on any atom is -0.338 e. The summed E-state index contributed by atoms with van der Waals surface area (Å²) < 4.78 is 2.03. The first kappa shape index (κ1) is 13.2. The summed E-state index contributed by atoms with van der Waals surface area (Å²) in [4.78, 5) is 14.4. The molecule has 1 heterocycles. The normalized spacial score (nSPS) is 14.7. The maximum atomic E-state index is 12.4. The summed E-state index contributed by atoms with van der Waals surface area (Å²) in [6, 6.07) is 8.60. The molecule has 1 aromatic heterocycles. The second-order valence-electron chi connectivity index (χ2n) is 5.41. The minimum atomic E-state index is 0.208. The van der Waals surface area contributed by atoms with E-state index in [1.165, 1.54) is 0 Å². The molecule has 0 bridgehead atoms. The van der Waals surface area contributed by atoms with Gasteiger partial charge >= 0.3 is 0 Å². The second-order valence-corrected chi connectivity index (χ2v) is 5.41. The quantitative estimate of drug-likeness (QED) is 0.905. The van der Waals surface area contributed by atoms with Gasteiger partial charge in [-0.15, -0.1) is 0 Å². The van der Waals surface area contributed by atoms with E-state index < -0.39 is 0 Å². The van der Waals surface area contributed by atoms with Crippen LogP contribution in [-0.2, 0) is 17.9 Å². The Morgan fingerprint density at radius 1 is 1.40 bits per heavy atom. The molecule has 0 atom stereocenters. The third kappa shape index (κ3) is 2.31. The predicted octanol–water partition coefficient (Wildman–Crippen LogP) is 2.11. The van der Waals surface area contributed by atoms with Crippen molar-refractivity contribution >= 4 is 16.8 Å². The fourth-order valence-corrected chi connectivity index (χ4v) is 2.88. The standard InChI is InChI=1S/C16H21N3O/c1-2-19(13-7-8-13)16(20)11-18-10-12(9-17)14-5-3-4-6-15(14)18/h3-6,10,13H,2,7-9,11,17H2,1H3. The Morgan fingerprint density at radius 2 is 2.15 bits per heavy atom. The molecular weight excluding hydrogens is 250 g/mol. The summed E-state index contributed by atoms with van der Waals surface area (Å²) in [5, 5.41) is 1.15. The van der Waals surface area contributed by atoms with Crippen LogP contribution in [0.15, 0.2) is 30.5 Å². The number of para-hydroxylation sites is 1. The summed E-state index contributed by atoms with van der Waals surface area (Å²) in [6.07, 6.45) is 4.32. The zero-order chi connectivity index (χ0) is 14.1. The van der Waals surface area contributed by atoms with E-state index in [2.05, 4.69) is 19.1 Å². The van der Waals surface area contributed by atoms with E-state index in [0.29, 0.717) is 19.1 Å². The average Bonchev–Trinajstić information content (AvgIpc) is 3.23. The minimum absolute atomic E-state index is 0.208. The maximum absolute atomic E-state index is 12.4. The van der Waals surface area contributed by atoms with Crippen LogP contribution in [0.5, 0.6) is 0 Å². The van der Waals surface area contributed by atoms with Crippen molar-refractivity contribution in [1.29, 1.82) is 0 Å². The molecule has 1 saturated carbocycles. The van der Waals surface area contributed by atoms with Gasteiger partial charge in [-0.3, -0.25) is 4.79 Å². The summed E-state index contributed by atoms with van der Waals surface area (Å²) in [5.41, 5.74) is 7.99. The van der Waals surface area contributed by atoms with Gasteiger partial charge in [0.1, 0.15) is 6.54 Å². The highest BCUT2D eigenvalue weighted by molar-refractivity contribution is 5.86. The number of carbonyl (C=O) groups is 1. The van der Waals surface area contributed by atoms with Crippen molar-refractivity contribution in [2.45, 2.75) is 38.9 Å². The van der Waals surface area contributed by atoms with Crippen molar-refractivity contribution in [3.8, 4) is 0 Å². The van der Waals surface area contributed by atoms with Gasteiger partial charge in [0.15, 0.2) is 0 Å². The fourth-order valence-electron chi connectivity index (χ4n) is 2.88. The molecule has 0 saturated heterocycles. The molecule has 1 amide bonds. The highest BCUT2D eigenvalue weighted by Crippen LogP contribution is 2.27. The Hall–Kier alpha value is -1.81. The van der Waals surface area contributed by atoms with E-state index in [9.17, 15) is 4.79 Å². The highest BCUT2D eigenvalue weighted by atomic mass is 16.2. The van der Waals surface area contributed by atoms with Gasteiger partial charge in [-0.2, -0.15) is 0 Å². The Balaban J connectivity index is 1.88. The number of rotatable bonds is 5. The molecule has 3 rings (SSSR count). The Kier molecular flexibility index (Phi) is 3.49. The topological polar surface area (TPSA) is 51.3 Å². The van der Waals surface area contributed by atoms with Crippen LogP contribution in [-0.4, -0.2) is 28.0 Å². The van der Waals surface area contributed by atoms with Crippen LogP contribution in [0.3, 0.4) is 0 Å². The summed E-state index contributed by atoms with van der Waals surface area (Å²) in [7, 11) is 0. The molecule has 1 aliphatic rings. The molecule has 2 N–H and O–H groups in total. The molecule has 0 unspecified atom stereocenters. The zero-order valence-corrected chi connectivity index (χ0v) is 11.9. The monoisotopic (exact) mass is 271 g/mol. The zero-order valence-electron chi connectivity index (χ0n) is 11.9. The molecule has 1 aliphatic carbocycles. The number of aromatic nitrogens is 1. The first-order chi connectivity index (χ1) is 9.74. The number of likely N-dealkylation sites (N-methyl/N-ethyl adjacent to an activating group) is 1. The van der Waals surface area contributed by atoms with E-state index in [1.54, 1.807) is 0 Å². The number of nitrogens with two attached hydrogens (primary N) is 1. The van der Waals surface area contributed by atoms with Crippen molar-refractivity contribution in [2.24, 2.45) is 5.73 Å². The molecule has 4 nitrogen and oxygen atoms in total. The van der Waals surface area contributed by atoms with Crippen molar-refractivity contribution < 1.29 is 4.79 Å². The lowest BCUT2D eigenvalue weighted by Crippen LogP contribution is -2.35. The average molecular weight is 271 g/mol. The highest BCUT2D eigenvalue weighted by Gasteiger charge is 2.31. The summed E-state index contributed by atoms with van der Waals surface area (Å²) >= 11 is 0. The second kappa shape index (κ2) is 5.29. The number of hydrogen-bond donors (Lipinski definition) is 1. The van der Waals surface area contributed by atoms with Gasteiger partial charge in [-0.05, 0) is 31.4 Å². The van der Waals surface area contributed by atoms with Gasteiger partial charge in [0.2, 0.25) is 5.91 Å². The number of hydrogen-bond acceptors (Lipinski definition) is 2. The lowest BCUT2D eigenvalue weighted by molar-refractivity contribution is -0.132. The van der Waals surface area contributed by atoms with Crippen molar-refractivity contribution in [3.63, 3.8) is 0 Å². The summed E-state index contributed by atoms with van der Waals surface area (Å²) in [6.45, 7) is 3.76. The van der Waals surface area contributed by atoms with Crippen molar-refractivity contribution in [3.05, 3.63) is 36.0 Å². The molecule has 0 aliphatic heterocycles. The van der Waals surface area contributed by atoms with Crippen LogP contribution in [0.4, 0.5) is 0 Å². The first-order valence-electron chi connectivity index (χ1n) is 7.31. The van der Waals surface area contributed by atoms with Gasteiger partial charge in [0.25, 0.3) is 0 Å². The van der Waals surface area contributed by atoms with Gasteiger partial charge in [-0.25, -0.2) is 0 Å². The number of fused-ring (bicyclic) bond motifs is 1. The molecule has 0 radical (unpaired) electrons. The number of benzene rings is 1. The SMILES string of the molecule is CCN(C(=O)Cn1cc(CN)c2ccccc21)C1CC1. The lowest BCUT2D eigenvalue weighted by atomic mass is 10.2. The molecular formula is C16H21N3O. The fraction of sp³-hybridized carbons (Fsp3) is 0.438.